The Morgan fingerprint density at radius 2 is 1.92 bits per heavy atom. The number of nitrogens with two attached hydrogens (primary N) is 1. The van der Waals surface area contributed by atoms with Crippen LogP contribution < -0.4 is 11.1 Å². The van der Waals surface area contributed by atoms with E-state index in [-0.39, 0.29) is 17.9 Å². The van der Waals surface area contributed by atoms with Crippen LogP contribution in [0.25, 0.3) is 0 Å². The maximum absolute atomic E-state index is 12.7. The number of aryl methyl sites for hydroxylation is 1. The van der Waals surface area contributed by atoms with Crippen molar-refractivity contribution in [2.75, 3.05) is 0 Å². The van der Waals surface area contributed by atoms with Gasteiger partial charge in [0, 0.05) is 19.3 Å². The number of hydrogen-bond acceptors (Lipinski definition) is 4. The van der Waals surface area contributed by atoms with E-state index in [0.717, 1.165) is 17.8 Å². The summed E-state index contributed by atoms with van der Waals surface area (Å²) in [7, 11) is 0. The third-order valence-corrected chi connectivity index (χ3v) is 4.82. The lowest BCUT2D eigenvalue weighted by molar-refractivity contribution is -0.128. The molecular weight excluding hydrogens is 330 g/mol. The molecule has 0 radical (unpaired) electrons. The number of nitrogens with zero attached hydrogens (tertiary/aromatic N) is 3. The van der Waals surface area contributed by atoms with Crippen molar-refractivity contribution in [3.63, 3.8) is 0 Å². The van der Waals surface area contributed by atoms with Gasteiger partial charge in [-0.05, 0) is 31.4 Å². The first-order valence-corrected chi connectivity index (χ1v) is 8.97. The first-order chi connectivity index (χ1) is 12.6. The average Bonchev–Trinajstić information content (AvgIpc) is 3.27. The summed E-state index contributed by atoms with van der Waals surface area (Å²) in [5, 5.41) is 7.32. The van der Waals surface area contributed by atoms with E-state index in [1.807, 2.05) is 59.1 Å². The number of primary amides is 1. The molecule has 2 atom stereocenters. The Balaban J connectivity index is 1.67. The maximum atomic E-state index is 12.7. The summed E-state index contributed by atoms with van der Waals surface area (Å²) >= 11 is 0. The van der Waals surface area contributed by atoms with Gasteiger partial charge in [-0.2, -0.15) is 5.10 Å². The van der Waals surface area contributed by atoms with Crippen LogP contribution in [0, 0.1) is 0 Å². The molecule has 1 aliphatic heterocycles. The predicted octanol–water partition coefficient (Wildman–Crippen LogP) is 1.04. The lowest BCUT2D eigenvalue weighted by Gasteiger charge is -2.27. The molecule has 0 saturated carbocycles. The van der Waals surface area contributed by atoms with Crippen molar-refractivity contribution in [2.24, 2.45) is 5.73 Å². The van der Waals surface area contributed by atoms with Gasteiger partial charge in [-0.3, -0.25) is 19.2 Å². The molecule has 0 aliphatic carbocycles. The fourth-order valence-electron chi connectivity index (χ4n) is 3.44. The molecule has 1 aliphatic rings. The van der Waals surface area contributed by atoms with Gasteiger partial charge in [-0.1, -0.05) is 30.3 Å². The minimum absolute atomic E-state index is 0.0873. The van der Waals surface area contributed by atoms with Crippen molar-refractivity contribution in [1.82, 2.24) is 20.0 Å². The summed E-state index contributed by atoms with van der Waals surface area (Å²) in [6, 6.07) is 10.9. The van der Waals surface area contributed by atoms with Crippen molar-refractivity contribution in [1.29, 1.82) is 0 Å². The number of carbonyl (C=O) groups excluding carboxylic acids is 2. The summed E-state index contributed by atoms with van der Waals surface area (Å²) in [5.41, 5.74) is 7.44. The van der Waals surface area contributed by atoms with Crippen LogP contribution in [0.1, 0.15) is 31.0 Å². The van der Waals surface area contributed by atoms with Crippen LogP contribution in [0.2, 0.25) is 0 Å². The van der Waals surface area contributed by atoms with Gasteiger partial charge in [0.25, 0.3) is 0 Å². The highest BCUT2D eigenvalue weighted by Gasteiger charge is 2.40. The number of hydrogen-bond donors (Lipinski definition) is 2. The first-order valence-electron chi connectivity index (χ1n) is 8.97. The molecule has 0 unspecified atom stereocenters. The zero-order valence-electron chi connectivity index (χ0n) is 15.0. The Bertz CT molecular complexity index is 758. The smallest absolute Gasteiger partial charge is 0.237 e. The summed E-state index contributed by atoms with van der Waals surface area (Å²) in [5.74, 6) is -0.464. The number of aromatic nitrogens is 2. The highest BCUT2D eigenvalue weighted by molar-refractivity contribution is 5.86. The quantitative estimate of drug-likeness (QED) is 0.776. The van der Waals surface area contributed by atoms with Crippen molar-refractivity contribution < 1.29 is 9.59 Å². The van der Waals surface area contributed by atoms with Gasteiger partial charge in [-0.15, -0.1) is 0 Å². The number of nitrogens with one attached hydrogen (secondary N) is 1. The first kappa shape index (κ1) is 18.1. The Morgan fingerprint density at radius 3 is 2.58 bits per heavy atom. The molecule has 0 bridgehead atoms. The van der Waals surface area contributed by atoms with E-state index in [0.29, 0.717) is 25.9 Å². The third-order valence-electron chi connectivity index (χ3n) is 4.82. The summed E-state index contributed by atoms with van der Waals surface area (Å²) in [4.78, 5) is 26.5. The van der Waals surface area contributed by atoms with Gasteiger partial charge in [0.05, 0.1) is 24.3 Å². The van der Waals surface area contributed by atoms with E-state index in [1.165, 1.54) is 0 Å². The molecular formula is C19H25N5O2. The normalized spacial score (nSPS) is 20.2. The van der Waals surface area contributed by atoms with E-state index < -0.39 is 6.04 Å². The van der Waals surface area contributed by atoms with Crippen LogP contribution in [0.3, 0.4) is 0 Å². The highest BCUT2D eigenvalue weighted by atomic mass is 16.2. The second-order valence-electron chi connectivity index (χ2n) is 6.55. The van der Waals surface area contributed by atoms with Crippen molar-refractivity contribution in [3.8, 4) is 0 Å². The van der Waals surface area contributed by atoms with Gasteiger partial charge < -0.3 is 11.1 Å². The number of likely N-dealkylation sites (tertiary alicyclic amines) is 1. The predicted molar refractivity (Wildman–Crippen MR) is 97.7 cm³/mol. The molecule has 26 heavy (non-hydrogen) atoms. The maximum Gasteiger partial charge on any atom is 0.237 e. The number of amides is 2. The molecule has 1 fully saturated rings. The van der Waals surface area contributed by atoms with Gasteiger partial charge in [0.1, 0.15) is 0 Å². The fourth-order valence-corrected chi connectivity index (χ4v) is 3.44. The van der Waals surface area contributed by atoms with Gasteiger partial charge in [-0.25, -0.2) is 0 Å². The largest absolute Gasteiger partial charge is 0.368 e. The van der Waals surface area contributed by atoms with Crippen LogP contribution in [0.4, 0.5) is 0 Å². The van der Waals surface area contributed by atoms with Crippen LogP contribution in [0.15, 0.2) is 42.6 Å². The SMILES string of the molecule is CCn1ccc(CNC(=O)[C@H]2CC[C@@H](C(N)=O)N2Cc2ccccc2)n1. The highest BCUT2D eigenvalue weighted by Crippen LogP contribution is 2.26. The number of rotatable bonds is 7. The van der Waals surface area contributed by atoms with E-state index in [4.69, 9.17) is 5.73 Å². The lowest BCUT2D eigenvalue weighted by Crippen LogP contribution is -2.49. The fraction of sp³-hybridized carbons (Fsp3) is 0.421. The average molecular weight is 355 g/mol. The molecule has 138 valence electrons. The third kappa shape index (κ3) is 4.11. The minimum atomic E-state index is -0.412. The second-order valence-corrected chi connectivity index (χ2v) is 6.55. The molecule has 2 heterocycles. The van der Waals surface area contributed by atoms with Crippen molar-refractivity contribution in [3.05, 3.63) is 53.9 Å². The van der Waals surface area contributed by atoms with Gasteiger partial charge >= 0.3 is 0 Å². The van der Waals surface area contributed by atoms with E-state index in [9.17, 15) is 9.59 Å². The molecule has 7 heteroatoms. The monoisotopic (exact) mass is 355 g/mol. The Labute approximate surface area is 153 Å². The molecule has 3 N–H and O–H groups in total. The second kappa shape index (κ2) is 8.14. The number of carbonyl (C=O) groups is 2. The Kier molecular flexibility index (Phi) is 5.68. The summed E-state index contributed by atoms with van der Waals surface area (Å²) < 4.78 is 1.82. The molecule has 7 nitrogen and oxygen atoms in total. The molecule has 2 amide bonds. The van der Waals surface area contributed by atoms with Crippen molar-refractivity contribution in [2.45, 2.75) is 51.5 Å². The van der Waals surface area contributed by atoms with Crippen LogP contribution >= 0.6 is 0 Å². The van der Waals surface area contributed by atoms with Gasteiger partial charge in [0.2, 0.25) is 11.8 Å². The number of benzene rings is 1. The van der Waals surface area contributed by atoms with E-state index in [1.54, 1.807) is 0 Å². The van der Waals surface area contributed by atoms with Crippen molar-refractivity contribution >= 4 is 11.8 Å². The molecule has 0 spiro atoms. The summed E-state index contributed by atoms with van der Waals surface area (Å²) in [6.45, 7) is 3.71. The Morgan fingerprint density at radius 1 is 1.19 bits per heavy atom. The van der Waals surface area contributed by atoms with Crippen LogP contribution in [0.5, 0.6) is 0 Å². The van der Waals surface area contributed by atoms with E-state index >= 15 is 0 Å². The molecule has 2 aromatic rings. The topological polar surface area (TPSA) is 93.2 Å². The molecule has 1 saturated heterocycles. The zero-order valence-corrected chi connectivity index (χ0v) is 15.0. The zero-order chi connectivity index (χ0) is 18.5. The standard InChI is InChI=1S/C19H25N5O2/c1-2-23-11-10-15(22-23)12-21-19(26)17-9-8-16(18(20)25)24(17)13-14-6-4-3-5-7-14/h3-7,10-11,16-17H,2,8-9,12-13H2,1H3,(H2,20,25)(H,21,26)/t16-,17+/m0/s1. The van der Waals surface area contributed by atoms with E-state index in [2.05, 4.69) is 10.4 Å². The Hall–Kier alpha value is -2.67. The van der Waals surface area contributed by atoms with Gasteiger partial charge in [0.15, 0.2) is 0 Å². The molecule has 1 aromatic heterocycles. The minimum Gasteiger partial charge on any atom is -0.368 e. The van der Waals surface area contributed by atoms with Crippen LogP contribution in [-0.4, -0.2) is 38.6 Å². The molecule has 1 aromatic carbocycles. The summed E-state index contributed by atoms with van der Waals surface area (Å²) in [6.07, 6.45) is 3.11. The molecule has 3 rings (SSSR count). The lowest BCUT2D eigenvalue weighted by atomic mass is 10.1. The van der Waals surface area contributed by atoms with Crippen LogP contribution in [-0.2, 0) is 29.2 Å².